The molecular formula is C15H25. The second kappa shape index (κ2) is 8.52. The third kappa shape index (κ3) is 9.52. The van der Waals surface area contributed by atoms with Gasteiger partial charge in [-0.1, -0.05) is 28.9 Å². The molecule has 0 atom stereocenters. The molecule has 1 radical (unpaired) electrons. The van der Waals surface area contributed by atoms with Gasteiger partial charge in [0.25, 0.3) is 0 Å². The average molecular weight is 205 g/mol. The van der Waals surface area contributed by atoms with Crippen LogP contribution in [0.3, 0.4) is 0 Å². The minimum atomic E-state index is 1.14. The fourth-order valence-corrected chi connectivity index (χ4v) is 1.42. The molecule has 15 heavy (non-hydrogen) atoms. The number of allylic oxidation sites excluding steroid dienone is 5. The highest BCUT2D eigenvalue weighted by Crippen LogP contribution is 2.12. The van der Waals surface area contributed by atoms with Crippen LogP contribution in [0.25, 0.3) is 0 Å². The smallest absolute Gasteiger partial charge is 0.0288 e. The van der Waals surface area contributed by atoms with Gasteiger partial charge in [-0.15, -0.1) is 6.58 Å². The van der Waals surface area contributed by atoms with Crippen LogP contribution in [0.5, 0.6) is 0 Å². The minimum absolute atomic E-state index is 1.14. The van der Waals surface area contributed by atoms with E-state index in [2.05, 4.69) is 40.3 Å². The van der Waals surface area contributed by atoms with E-state index in [9.17, 15) is 0 Å². The molecule has 0 heterocycles. The molecule has 0 nitrogen and oxygen atoms in total. The quantitative estimate of drug-likeness (QED) is 0.499. The molecule has 0 aliphatic heterocycles. The van der Waals surface area contributed by atoms with Crippen LogP contribution < -0.4 is 0 Å². The maximum atomic E-state index is 3.91. The highest BCUT2D eigenvalue weighted by atomic mass is 14.0. The Morgan fingerprint density at radius 2 is 1.67 bits per heavy atom. The van der Waals surface area contributed by atoms with E-state index in [1.54, 1.807) is 0 Å². The summed E-state index contributed by atoms with van der Waals surface area (Å²) in [5, 5.41) is 0. The molecule has 0 amide bonds. The predicted molar refractivity (Wildman–Crippen MR) is 70.8 cm³/mol. The molecule has 0 aliphatic carbocycles. The van der Waals surface area contributed by atoms with Crippen LogP contribution in [0, 0.1) is 6.92 Å². The fraction of sp³-hybridized carbons (Fsp3) is 0.533. The fourth-order valence-electron chi connectivity index (χ4n) is 1.42. The Kier molecular flexibility index (Phi) is 8.08. The van der Waals surface area contributed by atoms with Crippen LogP contribution in [0.15, 0.2) is 35.5 Å². The van der Waals surface area contributed by atoms with Crippen molar-refractivity contribution in [2.75, 3.05) is 0 Å². The minimum Gasteiger partial charge on any atom is -0.100 e. The van der Waals surface area contributed by atoms with Crippen LogP contribution in [0.1, 0.15) is 52.9 Å². The van der Waals surface area contributed by atoms with E-state index in [1.807, 2.05) is 6.08 Å². The van der Waals surface area contributed by atoms with Crippen LogP contribution in [0.4, 0.5) is 0 Å². The standard InChI is InChI=1S/C15H25/c1-6-14(4)10-8-12-15(5)11-7-9-13(2)3/h6,12H,1-2,7-11H2,3-5H3/b14-6+,15-12+. The summed E-state index contributed by atoms with van der Waals surface area (Å²) in [6, 6.07) is 0. The average Bonchev–Trinajstić information content (AvgIpc) is 2.17. The first-order chi connectivity index (χ1) is 7.06. The molecule has 0 saturated heterocycles. The van der Waals surface area contributed by atoms with Crippen molar-refractivity contribution < 1.29 is 0 Å². The molecule has 0 unspecified atom stereocenters. The second-order valence-electron chi connectivity index (χ2n) is 4.45. The van der Waals surface area contributed by atoms with Crippen LogP contribution in [-0.4, -0.2) is 0 Å². The Morgan fingerprint density at radius 3 is 2.20 bits per heavy atom. The van der Waals surface area contributed by atoms with E-state index in [4.69, 9.17) is 0 Å². The van der Waals surface area contributed by atoms with Crippen LogP contribution in [0.2, 0.25) is 0 Å². The normalized spacial score (nSPS) is 13.1. The number of hydrogen-bond donors (Lipinski definition) is 0. The largest absolute Gasteiger partial charge is 0.100 e. The molecule has 0 spiro atoms. The monoisotopic (exact) mass is 205 g/mol. The van der Waals surface area contributed by atoms with Crippen molar-refractivity contribution in [2.45, 2.75) is 52.9 Å². The van der Waals surface area contributed by atoms with Gasteiger partial charge in [0, 0.05) is 0 Å². The van der Waals surface area contributed by atoms with Gasteiger partial charge in [0.2, 0.25) is 0 Å². The summed E-state index contributed by atoms with van der Waals surface area (Å²) in [4.78, 5) is 0. The summed E-state index contributed by atoms with van der Waals surface area (Å²) in [5.74, 6) is 0. The first-order valence-electron chi connectivity index (χ1n) is 5.81. The first-order valence-corrected chi connectivity index (χ1v) is 5.81. The molecular weight excluding hydrogens is 180 g/mol. The molecule has 85 valence electrons. The summed E-state index contributed by atoms with van der Waals surface area (Å²) < 4.78 is 0. The van der Waals surface area contributed by atoms with E-state index in [0.29, 0.717) is 0 Å². The van der Waals surface area contributed by atoms with Crippen molar-refractivity contribution >= 4 is 0 Å². The zero-order valence-corrected chi connectivity index (χ0v) is 10.6. The molecule has 0 heteroatoms. The van der Waals surface area contributed by atoms with Gasteiger partial charge in [-0.3, -0.25) is 0 Å². The molecule has 0 saturated carbocycles. The number of rotatable bonds is 7. The highest BCUT2D eigenvalue weighted by Gasteiger charge is 1.92. The molecule has 0 aliphatic rings. The van der Waals surface area contributed by atoms with Crippen molar-refractivity contribution in [1.29, 1.82) is 0 Å². The Balaban J connectivity index is 3.65. The SMILES string of the molecule is [CH2]/C=C(\C)CC/C=C(\C)CCCC(=C)C. The Morgan fingerprint density at radius 1 is 1.00 bits per heavy atom. The zero-order valence-electron chi connectivity index (χ0n) is 10.6. The lowest BCUT2D eigenvalue weighted by Crippen LogP contribution is -1.82. The third-order valence-corrected chi connectivity index (χ3v) is 2.55. The molecule has 0 aromatic rings. The molecule has 0 fully saturated rings. The lowest BCUT2D eigenvalue weighted by molar-refractivity contribution is 0.798. The number of hydrogen-bond acceptors (Lipinski definition) is 0. The van der Waals surface area contributed by atoms with Crippen molar-refractivity contribution in [3.63, 3.8) is 0 Å². The summed E-state index contributed by atoms with van der Waals surface area (Å²) in [6.45, 7) is 14.1. The topological polar surface area (TPSA) is 0 Å². The van der Waals surface area contributed by atoms with E-state index in [0.717, 1.165) is 19.3 Å². The lowest BCUT2D eigenvalue weighted by Gasteiger charge is -2.02. The van der Waals surface area contributed by atoms with Crippen molar-refractivity contribution in [1.82, 2.24) is 0 Å². The summed E-state index contributed by atoms with van der Waals surface area (Å²) in [5.41, 5.74) is 4.17. The lowest BCUT2D eigenvalue weighted by atomic mass is 10.0. The summed E-state index contributed by atoms with van der Waals surface area (Å²) in [6.07, 6.45) is 10.2. The summed E-state index contributed by atoms with van der Waals surface area (Å²) >= 11 is 0. The zero-order chi connectivity index (χ0) is 11.7. The van der Waals surface area contributed by atoms with Crippen molar-refractivity contribution in [3.05, 3.63) is 42.4 Å². The first kappa shape index (κ1) is 14.2. The van der Waals surface area contributed by atoms with Gasteiger partial charge in [-0.2, -0.15) is 0 Å². The van der Waals surface area contributed by atoms with Crippen molar-refractivity contribution in [3.8, 4) is 0 Å². The van der Waals surface area contributed by atoms with E-state index in [-0.39, 0.29) is 0 Å². The Labute approximate surface area is 95.8 Å². The molecule has 0 bridgehead atoms. The highest BCUT2D eigenvalue weighted by molar-refractivity contribution is 5.04. The van der Waals surface area contributed by atoms with Gasteiger partial charge in [0.1, 0.15) is 0 Å². The predicted octanol–water partition coefficient (Wildman–Crippen LogP) is 5.24. The molecule has 0 N–H and O–H groups in total. The maximum absolute atomic E-state index is 3.91. The van der Waals surface area contributed by atoms with Crippen molar-refractivity contribution in [2.24, 2.45) is 0 Å². The third-order valence-electron chi connectivity index (χ3n) is 2.55. The van der Waals surface area contributed by atoms with E-state index < -0.39 is 0 Å². The van der Waals surface area contributed by atoms with Crippen LogP contribution in [-0.2, 0) is 0 Å². The van der Waals surface area contributed by atoms with Gasteiger partial charge in [-0.05, 0) is 59.8 Å². The maximum Gasteiger partial charge on any atom is -0.0288 e. The van der Waals surface area contributed by atoms with Gasteiger partial charge in [-0.25, -0.2) is 0 Å². The second-order valence-corrected chi connectivity index (χ2v) is 4.45. The van der Waals surface area contributed by atoms with Gasteiger partial charge in [0.05, 0.1) is 0 Å². The van der Waals surface area contributed by atoms with Gasteiger partial charge >= 0.3 is 0 Å². The van der Waals surface area contributed by atoms with Gasteiger partial charge < -0.3 is 0 Å². The Bertz CT molecular complexity index is 241. The molecule has 0 aromatic carbocycles. The molecule has 0 rings (SSSR count). The van der Waals surface area contributed by atoms with E-state index >= 15 is 0 Å². The van der Waals surface area contributed by atoms with E-state index in [1.165, 1.54) is 29.6 Å². The van der Waals surface area contributed by atoms with Crippen LogP contribution >= 0.6 is 0 Å². The summed E-state index contributed by atoms with van der Waals surface area (Å²) in [7, 11) is 0. The van der Waals surface area contributed by atoms with Gasteiger partial charge in [0.15, 0.2) is 0 Å². The molecule has 0 aromatic heterocycles. The Hall–Kier alpha value is -0.780.